The highest BCUT2D eigenvalue weighted by Gasteiger charge is 2.43. The lowest BCUT2D eigenvalue weighted by Crippen LogP contribution is -2.40. The third-order valence-corrected chi connectivity index (χ3v) is 9.79. The van der Waals surface area contributed by atoms with Crippen molar-refractivity contribution in [1.82, 2.24) is 9.21 Å². The van der Waals surface area contributed by atoms with Gasteiger partial charge in [0.1, 0.15) is 6.61 Å². The van der Waals surface area contributed by atoms with Gasteiger partial charge in [-0.25, -0.2) is 17.5 Å². The quantitative estimate of drug-likeness (QED) is 0.459. The highest BCUT2D eigenvalue weighted by atomic mass is 32.2. The summed E-state index contributed by atoms with van der Waals surface area (Å²) in [6.45, 7) is 6.46. The van der Waals surface area contributed by atoms with Crippen molar-refractivity contribution in [2.75, 3.05) is 45.1 Å². The van der Waals surface area contributed by atoms with Crippen molar-refractivity contribution in [2.45, 2.75) is 52.1 Å². The van der Waals surface area contributed by atoms with E-state index in [2.05, 4.69) is 0 Å². The van der Waals surface area contributed by atoms with Crippen molar-refractivity contribution in [3.63, 3.8) is 0 Å². The van der Waals surface area contributed by atoms with Crippen molar-refractivity contribution in [3.05, 3.63) is 35.9 Å². The summed E-state index contributed by atoms with van der Waals surface area (Å²) in [6, 6.07) is 9.81. The molecule has 1 amide bonds. The minimum atomic E-state index is -3.05. The Labute approximate surface area is 204 Å². The molecule has 7 nitrogen and oxygen atoms in total. The highest BCUT2D eigenvalue weighted by Crippen LogP contribution is 2.49. The second-order valence-electron chi connectivity index (χ2n) is 10.1. The van der Waals surface area contributed by atoms with Gasteiger partial charge in [-0.05, 0) is 74.7 Å². The normalized spacial score (nSPS) is 24.8. The highest BCUT2D eigenvalue weighted by molar-refractivity contribution is 7.89. The smallest absolute Gasteiger partial charge is 0.410 e. The van der Waals surface area contributed by atoms with Gasteiger partial charge in [0.25, 0.3) is 0 Å². The van der Waals surface area contributed by atoms with E-state index >= 15 is 0 Å². The first kappa shape index (κ1) is 25.5. The van der Waals surface area contributed by atoms with E-state index in [1.165, 1.54) is 6.42 Å². The number of carbonyl (C=O) groups is 1. The SMILES string of the molecule is CCS(=O)(=O)N1CCC(COCC[C@@H]2C[C@@H]2C2CCN(C(=O)OCc3ccccc3)CC2)CC1. The van der Waals surface area contributed by atoms with Crippen LogP contribution in [0.15, 0.2) is 30.3 Å². The standard InChI is InChI=1S/C26H40N2O5S/c1-2-34(30,31)28-15-8-22(9-16-28)19-32-17-12-24-18-25(24)23-10-13-27(14-11-23)26(29)33-20-21-6-4-3-5-7-21/h3-7,22-25H,2,8-20H2,1H3/t24-,25-/m1/s1. The number of ether oxygens (including phenoxy) is 2. The van der Waals surface area contributed by atoms with Crippen LogP contribution in [0.5, 0.6) is 0 Å². The molecule has 0 N–H and O–H groups in total. The number of likely N-dealkylation sites (tertiary alicyclic amines) is 1. The summed E-state index contributed by atoms with van der Waals surface area (Å²) >= 11 is 0. The van der Waals surface area contributed by atoms with Gasteiger partial charge in [-0.3, -0.25) is 0 Å². The number of hydrogen-bond acceptors (Lipinski definition) is 5. The van der Waals surface area contributed by atoms with Gasteiger partial charge in [0.15, 0.2) is 0 Å². The van der Waals surface area contributed by atoms with E-state index in [-0.39, 0.29) is 11.8 Å². The van der Waals surface area contributed by atoms with Crippen molar-refractivity contribution < 1.29 is 22.7 Å². The molecule has 1 aliphatic carbocycles. The van der Waals surface area contributed by atoms with Gasteiger partial charge in [-0.15, -0.1) is 0 Å². The molecule has 0 radical (unpaired) electrons. The van der Waals surface area contributed by atoms with Crippen LogP contribution in [-0.4, -0.2) is 68.9 Å². The maximum Gasteiger partial charge on any atom is 0.410 e. The van der Waals surface area contributed by atoms with Crippen LogP contribution < -0.4 is 0 Å². The molecule has 8 heteroatoms. The number of carbonyl (C=O) groups excluding carboxylic acids is 1. The zero-order chi connectivity index (χ0) is 24.0. The van der Waals surface area contributed by atoms with Gasteiger partial charge in [0.2, 0.25) is 10.0 Å². The summed E-state index contributed by atoms with van der Waals surface area (Å²) in [5.41, 5.74) is 1.02. The van der Waals surface area contributed by atoms with E-state index in [0.717, 1.165) is 75.8 Å². The molecule has 0 bridgehead atoms. The van der Waals surface area contributed by atoms with Gasteiger partial charge in [-0.1, -0.05) is 30.3 Å². The third kappa shape index (κ3) is 6.95. The summed E-state index contributed by atoms with van der Waals surface area (Å²) in [5, 5.41) is 0. The number of nitrogens with zero attached hydrogens (tertiary/aromatic N) is 2. The maximum atomic E-state index is 12.4. The maximum absolute atomic E-state index is 12.4. The number of rotatable bonds is 10. The molecule has 3 aliphatic rings. The molecular weight excluding hydrogens is 452 g/mol. The number of hydrogen-bond donors (Lipinski definition) is 0. The molecular formula is C26H40N2O5S. The molecule has 34 heavy (non-hydrogen) atoms. The van der Waals surface area contributed by atoms with Crippen LogP contribution in [0.4, 0.5) is 4.79 Å². The lowest BCUT2D eigenvalue weighted by Gasteiger charge is -2.31. The Morgan fingerprint density at radius 3 is 2.41 bits per heavy atom. The number of amides is 1. The van der Waals surface area contributed by atoms with Crippen LogP contribution in [0.3, 0.4) is 0 Å². The van der Waals surface area contributed by atoms with Crippen molar-refractivity contribution in [3.8, 4) is 0 Å². The molecule has 1 aromatic carbocycles. The van der Waals surface area contributed by atoms with E-state index in [1.54, 1.807) is 11.2 Å². The fourth-order valence-electron chi connectivity index (χ4n) is 5.52. The predicted octanol–water partition coefficient (Wildman–Crippen LogP) is 4.14. The number of sulfonamides is 1. The molecule has 3 fully saturated rings. The minimum absolute atomic E-state index is 0.189. The van der Waals surface area contributed by atoms with Gasteiger partial charge in [0, 0.05) is 39.4 Å². The number of piperidine rings is 2. The summed E-state index contributed by atoms with van der Waals surface area (Å²) in [4.78, 5) is 14.2. The second kappa shape index (κ2) is 11.9. The Morgan fingerprint density at radius 1 is 1.03 bits per heavy atom. The lowest BCUT2D eigenvalue weighted by atomic mass is 9.91. The zero-order valence-electron chi connectivity index (χ0n) is 20.4. The second-order valence-corrected chi connectivity index (χ2v) is 12.4. The first-order valence-corrected chi connectivity index (χ1v) is 14.6. The fourth-order valence-corrected chi connectivity index (χ4v) is 6.65. The van der Waals surface area contributed by atoms with Crippen molar-refractivity contribution in [2.24, 2.45) is 23.7 Å². The van der Waals surface area contributed by atoms with E-state index in [0.29, 0.717) is 31.5 Å². The van der Waals surface area contributed by atoms with Crippen molar-refractivity contribution in [1.29, 1.82) is 0 Å². The Morgan fingerprint density at radius 2 is 1.74 bits per heavy atom. The van der Waals surface area contributed by atoms with Gasteiger partial charge >= 0.3 is 6.09 Å². The molecule has 2 heterocycles. The van der Waals surface area contributed by atoms with Crippen LogP contribution in [0.1, 0.15) is 51.0 Å². The van der Waals surface area contributed by atoms with E-state index in [1.807, 2.05) is 35.2 Å². The van der Waals surface area contributed by atoms with Crippen molar-refractivity contribution >= 4 is 16.1 Å². The molecule has 1 saturated carbocycles. The molecule has 2 atom stereocenters. The Hall–Kier alpha value is -1.64. The monoisotopic (exact) mass is 492 g/mol. The average molecular weight is 493 g/mol. The van der Waals surface area contributed by atoms with E-state index in [4.69, 9.17) is 9.47 Å². The Kier molecular flexibility index (Phi) is 8.88. The summed E-state index contributed by atoms with van der Waals surface area (Å²) in [7, 11) is -3.05. The summed E-state index contributed by atoms with van der Waals surface area (Å²) in [5.74, 6) is 2.93. The first-order chi connectivity index (χ1) is 16.5. The van der Waals surface area contributed by atoms with Crippen LogP contribution in [0.25, 0.3) is 0 Å². The molecule has 0 aromatic heterocycles. The summed E-state index contributed by atoms with van der Waals surface area (Å²) in [6.07, 6.45) is 6.16. The van der Waals surface area contributed by atoms with E-state index < -0.39 is 10.0 Å². The topological polar surface area (TPSA) is 76.2 Å². The van der Waals surface area contributed by atoms with Gasteiger partial charge < -0.3 is 14.4 Å². The largest absolute Gasteiger partial charge is 0.445 e. The lowest BCUT2D eigenvalue weighted by molar-refractivity contribution is 0.0717. The Bertz CT molecular complexity index is 878. The number of benzene rings is 1. The molecule has 1 aromatic rings. The fraction of sp³-hybridized carbons (Fsp3) is 0.731. The van der Waals surface area contributed by atoms with Gasteiger partial charge in [-0.2, -0.15) is 0 Å². The van der Waals surface area contributed by atoms with Gasteiger partial charge in [0.05, 0.1) is 5.75 Å². The molecule has 2 aliphatic heterocycles. The molecule has 0 unspecified atom stereocenters. The Balaban J connectivity index is 1.05. The van der Waals surface area contributed by atoms with Crippen LogP contribution in [0, 0.1) is 23.7 Å². The van der Waals surface area contributed by atoms with Crippen LogP contribution in [-0.2, 0) is 26.1 Å². The predicted molar refractivity (Wildman–Crippen MR) is 132 cm³/mol. The van der Waals surface area contributed by atoms with Crippen LogP contribution >= 0.6 is 0 Å². The van der Waals surface area contributed by atoms with E-state index in [9.17, 15) is 13.2 Å². The molecule has 4 rings (SSSR count). The first-order valence-electron chi connectivity index (χ1n) is 13.0. The molecule has 190 valence electrons. The molecule has 2 saturated heterocycles. The third-order valence-electron chi connectivity index (χ3n) is 7.90. The van der Waals surface area contributed by atoms with Crippen LogP contribution in [0.2, 0.25) is 0 Å². The molecule has 0 spiro atoms. The average Bonchev–Trinajstić information content (AvgIpc) is 3.66. The zero-order valence-corrected chi connectivity index (χ0v) is 21.3. The minimum Gasteiger partial charge on any atom is -0.445 e. The summed E-state index contributed by atoms with van der Waals surface area (Å²) < 4.78 is 37.0.